The van der Waals surface area contributed by atoms with Crippen molar-refractivity contribution in [2.75, 3.05) is 19.5 Å². The molecular weight excluding hydrogens is 358 g/mol. The zero-order valence-electron chi connectivity index (χ0n) is 15.4. The van der Waals surface area contributed by atoms with Crippen LogP contribution in [0.5, 0.6) is 11.5 Å². The Morgan fingerprint density at radius 1 is 1.40 bits per heavy atom. The minimum absolute atomic E-state index is 0.109. The maximum atomic E-state index is 12.6. The van der Waals surface area contributed by atoms with E-state index in [0.717, 1.165) is 25.0 Å². The van der Waals surface area contributed by atoms with E-state index in [1.165, 1.54) is 0 Å². The van der Waals surface area contributed by atoms with Crippen molar-refractivity contribution in [1.82, 2.24) is 5.32 Å². The van der Waals surface area contributed by atoms with Gasteiger partial charge in [-0.3, -0.25) is 4.79 Å². The lowest BCUT2D eigenvalue weighted by Crippen LogP contribution is -2.33. The van der Waals surface area contributed by atoms with Crippen LogP contribution in [0.1, 0.15) is 50.4 Å². The van der Waals surface area contributed by atoms with Gasteiger partial charge in [0.15, 0.2) is 11.5 Å². The average Bonchev–Trinajstić information content (AvgIpc) is 3.00. The van der Waals surface area contributed by atoms with Crippen LogP contribution in [0.25, 0.3) is 0 Å². The van der Waals surface area contributed by atoms with Crippen LogP contribution in [-0.2, 0) is 0 Å². The maximum Gasteiger partial charge on any atom is 0.251 e. The molecule has 1 aromatic carbocycles. The number of amides is 1. The van der Waals surface area contributed by atoms with Crippen LogP contribution in [0.4, 0.5) is 0 Å². The molecule has 0 aromatic heterocycles. The minimum atomic E-state index is -0.109. The molecule has 0 aliphatic heterocycles. The van der Waals surface area contributed by atoms with Gasteiger partial charge < -0.3 is 14.8 Å². The first-order chi connectivity index (χ1) is 11.9. The molecule has 1 fully saturated rings. The van der Waals surface area contributed by atoms with Crippen LogP contribution < -0.4 is 14.8 Å². The molecule has 0 heterocycles. The molecule has 1 saturated carbocycles. The van der Waals surface area contributed by atoms with Crippen molar-refractivity contribution in [2.45, 2.75) is 51.3 Å². The van der Waals surface area contributed by atoms with E-state index < -0.39 is 0 Å². The molecule has 0 radical (unpaired) electrons. The number of carbonyl (C=O) groups is 1. The van der Waals surface area contributed by atoms with E-state index in [4.69, 9.17) is 21.1 Å². The van der Waals surface area contributed by atoms with E-state index in [9.17, 15) is 4.79 Å². The number of methoxy groups -OCH3 is 1. The van der Waals surface area contributed by atoms with E-state index >= 15 is 0 Å². The molecule has 0 saturated heterocycles. The molecule has 140 valence electrons. The predicted octanol–water partition coefficient (Wildman–Crippen LogP) is 4.79. The van der Waals surface area contributed by atoms with Gasteiger partial charge in [-0.05, 0) is 43.1 Å². The van der Waals surface area contributed by atoms with Crippen molar-refractivity contribution in [2.24, 2.45) is 5.92 Å². The predicted molar refractivity (Wildman–Crippen MR) is 105 cm³/mol. The SMILES string of the molecule is CCS[C@@H]1CC[C@@H](NC(=O)c2cc(Cl)c(OCC(C)C)c(OC)c2)C1. The van der Waals surface area contributed by atoms with Crippen molar-refractivity contribution < 1.29 is 14.3 Å². The van der Waals surface area contributed by atoms with E-state index in [1.807, 2.05) is 11.8 Å². The quantitative estimate of drug-likeness (QED) is 0.699. The van der Waals surface area contributed by atoms with E-state index in [0.29, 0.717) is 39.9 Å². The second-order valence-corrected chi connectivity index (χ2v) is 8.74. The molecule has 25 heavy (non-hydrogen) atoms. The van der Waals surface area contributed by atoms with Crippen molar-refractivity contribution in [1.29, 1.82) is 0 Å². The maximum absolute atomic E-state index is 12.6. The van der Waals surface area contributed by atoms with Gasteiger partial charge in [-0.2, -0.15) is 11.8 Å². The molecule has 0 bridgehead atoms. The molecular formula is C19H28ClNO3S. The first-order valence-electron chi connectivity index (χ1n) is 8.87. The van der Waals surface area contributed by atoms with Gasteiger partial charge in [-0.1, -0.05) is 32.4 Å². The summed E-state index contributed by atoms with van der Waals surface area (Å²) in [4.78, 5) is 12.6. The molecule has 4 nitrogen and oxygen atoms in total. The zero-order valence-corrected chi connectivity index (χ0v) is 17.0. The number of hydrogen-bond donors (Lipinski definition) is 1. The van der Waals surface area contributed by atoms with E-state index in [-0.39, 0.29) is 11.9 Å². The molecule has 1 aromatic rings. The number of nitrogens with one attached hydrogen (secondary N) is 1. The molecule has 1 amide bonds. The standard InChI is InChI=1S/C19H28ClNO3S/c1-5-25-15-7-6-14(10-15)21-19(22)13-8-16(20)18(17(9-13)23-4)24-11-12(2)3/h8-9,12,14-15H,5-7,10-11H2,1-4H3,(H,21,22)/t14-,15-/m1/s1. The summed E-state index contributed by atoms with van der Waals surface area (Å²) >= 11 is 8.31. The van der Waals surface area contributed by atoms with Crippen LogP contribution in [-0.4, -0.2) is 36.7 Å². The summed E-state index contributed by atoms with van der Waals surface area (Å²) in [6, 6.07) is 3.59. The summed E-state index contributed by atoms with van der Waals surface area (Å²) in [7, 11) is 1.55. The minimum Gasteiger partial charge on any atom is -0.493 e. The molecule has 0 spiro atoms. The van der Waals surface area contributed by atoms with Gasteiger partial charge in [0, 0.05) is 16.9 Å². The highest BCUT2D eigenvalue weighted by Gasteiger charge is 2.26. The summed E-state index contributed by atoms with van der Waals surface area (Å²) in [5.41, 5.74) is 0.505. The Bertz CT molecular complexity index is 594. The van der Waals surface area contributed by atoms with E-state index in [2.05, 4.69) is 26.1 Å². The summed E-state index contributed by atoms with van der Waals surface area (Å²) in [5, 5.41) is 4.18. The van der Waals surface area contributed by atoms with Crippen LogP contribution in [0.2, 0.25) is 5.02 Å². The summed E-state index contributed by atoms with van der Waals surface area (Å²) in [5.74, 6) is 2.37. The Morgan fingerprint density at radius 2 is 2.16 bits per heavy atom. The highest BCUT2D eigenvalue weighted by Crippen LogP contribution is 2.37. The normalized spacial score (nSPS) is 19.9. The fourth-order valence-electron chi connectivity index (χ4n) is 2.97. The monoisotopic (exact) mass is 385 g/mol. The van der Waals surface area contributed by atoms with Crippen molar-refractivity contribution in [3.63, 3.8) is 0 Å². The summed E-state index contributed by atoms with van der Waals surface area (Å²) in [6.07, 6.45) is 3.23. The van der Waals surface area contributed by atoms with Crippen LogP contribution in [0, 0.1) is 5.92 Å². The van der Waals surface area contributed by atoms with Gasteiger partial charge in [-0.15, -0.1) is 0 Å². The van der Waals surface area contributed by atoms with Gasteiger partial charge in [0.25, 0.3) is 5.91 Å². The van der Waals surface area contributed by atoms with Gasteiger partial charge in [0.2, 0.25) is 0 Å². The Kier molecular flexibility index (Phi) is 7.76. The summed E-state index contributed by atoms with van der Waals surface area (Å²) in [6.45, 7) is 6.84. The third-order valence-corrected chi connectivity index (χ3v) is 5.69. The Balaban J connectivity index is 2.06. The number of halogens is 1. The largest absolute Gasteiger partial charge is 0.493 e. The number of thioether (sulfide) groups is 1. The van der Waals surface area contributed by atoms with Gasteiger partial charge in [0.1, 0.15) is 0 Å². The second kappa shape index (κ2) is 9.58. The summed E-state index contributed by atoms with van der Waals surface area (Å²) < 4.78 is 11.1. The van der Waals surface area contributed by atoms with Crippen molar-refractivity contribution in [3.05, 3.63) is 22.7 Å². The number of hydrogen-bond acceptors (Lipinski definition) is 4. The topological polar surface area (TPSA) is 47.6 Å². The highest BCUT2D eigenvalue weighted by molar-refractivity contribution is 7.99. The lowest BCUT2D eigenvalue weighted by Gasteiger charge is -2.17. The number of ether oxygens (including phenoxy) is 2. The Labute approximate surface area is 160 Å². The molecule has 2 rings (SSSR count). The smallest absolute Gasteiger partial charge is 0.251 e. The number of rotatable bonds is 8. The number of benzene rings is 1. The lowest BCUT2D eigenvalue weighted by atomic mass is 10.1. The molecule has 1 aliphatic rings. The van der Waals surface area contributed by atoms with Crippen LogP contribution in [0.15, 0.2) is 12.1 Å². The fraction of sp³-hybridized carbons (Fsp3) is 0.632. The fourth-order valence-corrected chi connectivity index (χ4v) is 4.38. The third kappa shape index (κ3) is 5.71. The molecule has 0 unspecified atom stereocenters. The Morgan fingerprint density at radius 3 is 2.80 bits per heavy atom. The average molecular weight is 386 g/mol. The molecule has 1 aliphatic carbocycles. The van der Waals surface area contributed by atoms with Gasteiger partial charge >= 0.3 is 0 Å². The van der Waals surface area contributed by atoms with Crippen molar-refractivity contribution in [3.8, 4) is 11.5 Å². The zero-order chi connectivity index (χ0) is 18.4. The van der Waals surface area contributed by atoms with Crippen LogP contribution >= 0.6 is 23.4 Å². The van der Waals surface area contributed by atoms with Gasteiger partial charge in [-0.25, -0.2) is 0 Å². The first-order valence-corrected chi connectivity index (χ1v) is 10.3. The van der Waals surface area contributed by atoms with E-state index in [1.54, 1.807) is 19.2 Å². The highest BCUT2D eigenvalue weighted by atomic mass is 35.5. The molecule has 2 atom stereocenters. The van der Waals surface area contributed by atoms with Crippen molar-refractivity contribution >= 4 is 29.3 Å². The third-order valence-electron chi connectivity index (χ3n) is 4.17. The lowest BCUT2D eigenvalue weighted by molar-refractivity contribution is 0.0937. The number of carbonyl (C=O) groups excluding carboxylic acids is 1. The Hall–Kier alpha value is -1.07. The van der Waals surface area contributed by atoms with Crippen LogP contribution in [0.3, 0.4) is 0 Å². The molecule has 1 N–H and O–H groups in total. The second-order valence-electron chi connectivity index (χ2n) is 6.76. The molecule has 6 heteroatoms. The first kappa shape index (κ1) is 20.2. The van der Waals surface area contributed by atoms with Gasteiger partial charge in [0.05, 0.1) is 18.7 Å².